The molecule has 0 amide bonds. The maximum atomic E-state index is 2.42. The first-order valence-electron chi connectivity index (χ1n) is 20.7. The molecule has 1 fully saturated rings. The van der Waals surface area contributed by atoms with Gasteiger partial charge in [-0.2, -0.15) is 0 Å². The average molecular weight is 739 g/mol. The van der Waals surface area contributed by atoms with E-state index in [2.05, 4.69) is 223 Å². The van der Waals surface area contributed by atoms with Gasteiger partial charge in [-0.25, -0.2) is 0 Å². The van der Waals surface area contributed by atoms with Gasteiger partial charge in [-0.05, 0) is 125 Å². The summed E-state index contributed by atoms with van der Waals surface area (Å²) in [5.41, 5.74) is 14.8. The highest BCUT2D eigenvalue weighted by molar-refractivity contribution is 5.79. The van der Waals surface area contributed by atoms with Crippen LogP contribution in [0.5, 0.6) is 0 Å². The lowest BCUT2D eigenvalue weighted by atomic mass is 9.65. The van der Waals surface area contributed by atoms with Crippen LogP contribution in [0.15, 0.2) is 212 Å². The molecule has 2 nitrogen and oxygen atoms in total. The average Bonchev–Trinajstić information content (AvgIpc) is 3.29. The van der Waals surface area contributed by atoms with E-state index < -0.39 is 0 Å². The Morgan fingerprint density at radius 2 is 0.789 bits per heavy atom. The molecule has 1 unspecified atom stereocenters. The van der Waals surface area contributed by atoms with Gasteiger partial charge in [0.05, 0.1) is 0 Å². The molecule has 1 saturated carbocycles. The van der Waals surface area contributed by atoms with Crippen LogP contribution in [0, 0.1) is 5.92 Å². The van der Waals surface area contributed by atoms with E-state index in [-0.39, 0.29) is 5.41 Å². The van der Waals surface area contributed by atoms with E-state index in [1.807, 2.05) is 0 Å². The van der Waals surface area contributed by atoms with Gasteiger partial charge >= 0.3 is 0 Å². The smallest absolute Gasteiger partial charge is 0.0462 e. The molecule has 7 aromatic carbocycles. The molecular weight excluding hydrogens is 689 g/mol. The Bertz CT molecular complexity index is 2420. The monoisotopic (exact) mass is 738 g/mol. The van der Waals surface area contributed by atoms with Crippen LogP contribution < -0.4 is 9.80 Å². The van der Waals surface area contributed by atoms with Crippen LogP contribution in [-0.2, 0) is 5.41 Å². The van der Waals surface area contributed by atoms with E-state index in [1.54, 1.807) is 0 Å². The third-order valence-corrected chi connectivity index (χ3v) is 12.1. The Hall–Kier alpha value is -6.38. The summed E-state index contributed by atoms with van der Waals surface area (Å²) in [7, 11) is 0. The highest BCUT2D eigenvalue weighted by Crippen LogP contribution is 2.47. The maximum Gasteiger partial charge on any atom is 0.0462 e. The fraction of sp³-hybridized carbons (Fsp3) is 0.164. The van der Waals surface area contributed by atoms with Gasteiger partial charge in [0.25, 0.3) is 0 Å². The van der Waals surface area contributed by atoms with Gasteiger partial charge < -0.3 is 9.80 Å². The standard InChI is InChI=1S/C55H50N2/c1-42-20-30-50(31-21-42)57(52-34-24-46(25-35-52)44-16-8-3-9-17-44)54-38-28-48(29-39-54)55(40-12-5-13-41-55)47-26-36-53(37-27-47)56(49-18-10-4-11-19-49)51-32-22-45(23-33-51)43-14-6-2-7-15-43/h2-4,6-11,14-20,22-39,42H,5,12-13,21,40-41H2,1H3. The van der Waals surface area contributed by atoms with Crippen molar-refractivity contribution in [3.63, 3.8) is 0 Å². The Morgan fingerprint density at radius 1 is 0.404 bits per heavy atom. The molecule has 0 spiro atoms. The normalized spacial score (nSPS) is 16.1. The molecule has 0 N–H and O–H groups in total. The molecule has 1 atom stereocenters. The van der Waals surface area contributed by atoms with Gasteiger partial charge in [0.1, 0.15) is 0 Å². The number of benzene rings is 7. The number of para-hydroxylation sites is 1. The summed E-state index contributed by atoms with van der Waals surface area (Å²) in [6.07, 6.45) is 14.2. The second-order valence-corrected chi connectivity index (χ2v) is 15.8. The predicted octanol–water partition coefficient (Wildman–Crippen LogP) is 15.4. The van der Waals surface area contributed by atoms with Crippen LogP contribution in [0.1, 0.15) is 56.6 Å². The molecule has 280 valence electrons. The minimum Gasteiger partial charge on any atom is -0.311 e. The van der Waals surface area contributed by atoms with Crippen LogP contribution in [0.3, 0.4) is 0 Å². The summed E-state index contributed by atoms with van der Waals surface area (Å²) >= 11 is 0. The molecule has 7 aromatic rings. The zero-order valence-corrected chi connectivity index (χ0v) is 32.8. The van der Waals surface area contributed by atoms with Crippen LogP contribution in [0.25, 0.3) is 22.3 Å². The van der Waals surface area contributed by atoms with E-state index in [0.29, 0.717) is 5.92 Å². The summed E-state index contributed by atoms with van der Waals surface area (Å²) < 4.78 is 0. The molecule has 0 bridgehead atoms. The molecule has 0 saturated heterocycles. The van der Waals surface area contributed by atoms with E-state index in [0.717, 1.165) is 36.3 Å². The summed E-state index contributed by atoms with van der Waals surface area (Å²) in [5.74, 6) is 0.552. The Kier molecular flexibility index (Phi) is 10.4. The number of hydrogen-bond acceptors (Lipinski definition) is 2. The van der Waals surface area contributed by atoms with Crippen LogP contribution >= 0.6 is 0 Å². The van der Waals surface area contributed by atoms with Crippen LogP contribution in [0.2, 0.25) is 0 Å². The van der Waals surface area contributed by atoms with Crippen LogP contribution in [-0.4, -0.2) is 0 Å². The topological polar surface area (TPSA) is 6.48 Å². The number of rotatable bonds is 10. The summed E-state index contributed by atoms with van der Waals surface area (Å²) in [5, 5.41) is 0. The molecule has 0 aliphatic heterocycles. The highest BCUT2D eigenvalue weighted by Gasteiger charge is 2.36. The number of hydrogen-bond donors (Lipinski definition) is 0. The molecular formula is C55H50N2. The fourth-order valence-electron chi connectivity index (χ4n) is 8.98. The Morgan fingerprint density at radius 3 is 1.23 bits per heavy atom. The predicted molar refractivity (Wildman–Crippen MR) is 242 cm³/mol. The molecule has 0 radical (unpaired) electrons. The van der Waals surface area contributed by atoms with Gasteiger partial charge in [-0.3, -0.25) is 0 Å². The first kappa shape index (κ1) is 36.3. The SMILES string of the molecule is CC1C=CC(N(c2ccc(-c3ccccc3)cc2)c2ccc(C3(c4ccc(N(c5ccccc5)c5ccc(-c6ccccc6)cc5)cc4)CCCCC3)cc2)=CC1. The number of anilines is 5. The van der Waals surface area contributed by atoms with E-state index in [9.17, 15) is 0 Å². The van der Waals surface area contributed by atoms with E-state index in [1.165, 1.54) is 69.7 Å². The van der Waals surface area contributed by atoms with Crippen molar-refractivity contribution < 1.29 is 0 Å². The third kappa shape index (κ3) is 7.61. The van der Waals surface area contributed by atoms with Crippen molar-refractivity contribution >= 4 is 28.4 Å². The summed E-state index contributed by atoms with van der Waals surface area (Å²) in [6, 6.07) is 69.0. The molecule has 57 heavy (non-hydrogen) atoms. The minimum absolute atomic E-state index is 0.0220. The molecule has 9 rings (SSSR count). The van der Waals surface area contributed by atoms with Gasteiger partial charge in [0.15, 0.2) is 0 Å². The van der Waals surface area contributed by atoms with Crippen LogP contribution in [0.4, 0.5) is 28.4 Å². The molecule has 0 heterocycles. The summed E-state index contributed by atoms with van der Waals surface area (Å²) in [6.45, 7) is 2.29. The Balaban J connectivity index is 1.04. The van der Waals surface area contributed by atoms with Crippen molar-refractivity contribution in [1.29, 1.82) is 0 Å². The minimum atomic E-state index is -0.0220. The fourth-order valence-corrected chi connectivity index (χ4v) is 8.98. The lowest BCUT2D eigenvalue weighted by Gasteiger charge is -2.39. The first-order valence-corrected chi connectivity index (χ1v) is 20.7. The lowest BCUT2D eigenvalue weighted by molar-refractivity contribution is 0.346. The lowest BCUT2D eigenvalue weighted by Crippen LogP contribution is -2.30. The quantitative estimate of drug-likeness (QED) is 0.138. The molecule has 0 aromatic heterocycles. The van der Waals surface area contributed by atoms with Gasteiger partial charge in [0.2, 0.25) is 0 Å². The number of nitrogens with zero attached hydrogens (tertiary/aromatic N) is 2. The van der Waals surface area contributed by atoms with Gasteiger partial charge in [-0.15, -0.1) is 0 Å². The van der Waals surface area contributed by atoms with Crippen molar-refractivity contribution in [2.24, 2.45) is 5.92 Å². The Labute approximate surface area is 339 Å². The van der Waals surface area contributed by atoms with Crippen molar-refractivity contribution in [2.45, 2.75) is 50.9 Å². The van der Waals surface area contributed by atoms with Crippen molar-refractivity contribution in [3.8, 4) is 22.3 Å². The second-order valence-electron chi connectivity index (χ2n) is 15.8. The van der Waals surface area contributed by atoms with Gasteiger partial charge in [-0.1, -0.05) is 166 Å². The van der Waals surface area contributed by atoms with Crippen molar-refractivity contribution in [3.05, 3.63) is 223 Å². The summed E-state index contributed by atoms with van der Waals surface area (Å²) in [4.78, 5) is 4.80. The second kappa shape index (κ2) is 16.4. The third-order valence-electron chi connectivity index (χ3n) is 12.1. The first-order chi connectivity index (χ1) is 28.1. The molecule has 2 aliphatic carbocycles. The van der Waals surface area contributed by atoms with E-state index >= 15 is 0 Å². The van der Waals surface area contributed by atoms with Gasteiger partial charge in [0, 0.05) is 39.5 Å². The largest absolute Gasteiger partial charge is 0.311 e. The molecule has 2 aliphatic rings. The highest BCUT2D eigenvalue weighted by atomic mass is 15.1. The number of allylic oxidation sites excluding steroid dienone is 3. The zero-order valence-electron chi connectivity index (χ0n) is 32.8. The maximum absolute atomic E-state index is 2.42. The van der Waals surface area contributed by atoms with E-state index in [4.69, 9.17) is 0 Å². The zero-order chi connectivity index (χ0) is 38.4. The van der Waals surface area contributed by atoms with Crippen molar-refractivity contribution in [2.75, 3.05) is 9.80 Å². The van der Waals surface area contributed by atoms with Crippen molar-refractivity contribution in [1.82, 2.24) is 0 Å². The molecule has 2 heteroatoms.